The van der Waals surface area contributed by atoms with Crippen molar-refractivity contribution in [1.82, 2.24) is 9.97 Å². The number of benzene rings is 3. The summed E-state index contributed by atoms with van der Waals surface area (Å²) in [6.45, 7) is 0. The van der Waals surface area contributed by atoms with Crippen molar-refractivity contribution in [3.8, 4) is 11.3 Å². The number of hydrogen-bond acceptors (Lipinski definition) is 4. The number of anilines is 1. The lowest BCUT2D eigenvalue weighted by Crippen LogP contribution is -2.15. The number of nitrogens with one attached hydrogen (secondary N) is 2. The van der Waals surface area contributed by atoms with Crippen molar-refractivity contribution in [3.63, 3.8) is 0 Å². The quantitative estimate of drug-likeness (QED) is 0.418. The number of fused-ring (bicyclic) bond motifs is 2. The molecule has 6 heteroatoms. The molecule has 29 heavy (non-hydrogen) atoms. The van der Waals surface area contributed by atoms with Gasteiger partial charge in [0.2, 0.25) is 0 Å². The van der Waals surface area contributed by atoms with E-state index in [0.29, 0.717) is 27.2 Å². The summed E-state index contributed by atoms with van der Waals surface area (Å²) in [6, 6.07) is 22.6. The molecule has 0 saturated heterocycles. The molecule has 1 amide bonds. The highest BCUT2D eigenvalue weighted by Gasteiger charge is 2.15. The van der Waals surface area contributed by atoms with Gasteiger partial charge in [-0.25, -0.2) is 4.98 Å². The average Bonchev–Trinajstić information content (AvgIpc) is 3.27. The first kappa shape index (κ1) is 17.3. The fourth-order valence-corrected chi connectivity index (χ4v) is 3.97. The van der Waals surface area contributed by atoms with Gasteiger partial charge in [0.15, 0.2) is 0 Å². The van der Waals surface area contributed by atoms with Gasteiger partial charge >= 0.3 is 0 Å². The number of thiophene rings is 1. The highest BCUT2D eigenvalue weighted by molar-refractivity contribution is 7.12. The molecule has 0 aliphatic heterocycles. The first-order valence-corrected chi connectivity index (χ1v) is 9.94. The maximum atomic E-state index is 12.8. The molecule has 0 atom stereocenters. The number of rotatable bonds is 3. The normalized spacial score (nSPS) is 11.0. The minimum absolute atomic E-state index is 0.212. The molecule has 0 aliphatic carbocycles. The van der Waals surface area contributed by atoms with Gasteiger partial charge < -0.3 is 10.3 Å². The lowest BCUT2D eigenvalue weighted by atomic mass is 10.1. The van der Waals surface area contributed by atoms with E-state index in [1.807, 2.05) is 60.0 Å². The Labute approximate surface area is 169 Å². The number of H-pyrrole nitrogens is 1. The van der Waals surface area contributed by atoms with Crippen LogP contribution < -0.4 is 10.9 Å². The molecule has 0 spiro atoms. The van der Waals surface area contributed by atoms with Crippen molar-refractivity contribution in [2.45, 2.75) is 0 Å². The summed E-state index contributed by atoms with van der Waals surface area (Å²) < 4.78 is 0. The van der Waals surface area contributed by atoms with Gasteiger partial charge in [-0.3, -0.25) is 9.59 Å². The van der Waals surface area contributed by atoms with Crippen LogP contribution >= 0.6 is 11.3 Å². The summed E-state index contributed by atoms with van der Waals surface area (Å²) >= 11 is 1.36. The highest BCUT2D eigenvalue weighted by atomic mass is 32.1. The molecule has 2 aromatic heterocycles. The van der Waals surface area contributed by atoms with Crippen molar-refractivity contribution in [3.05, 3.63) is 93.4 Å². The predicted octanol–water partition coefficient (Wildman–Crippen LogP) is 5.06. The molecule has 0 unspecified atom stereocenters. The summed E-state index contributed by atoms with van der Waals surface area (Å²) in [4.78, 5) is 33.5. The molecule has 0 aliphatic rings. The van der Waals surface area contributed by atoms with E-state index in [1.165, 1.54) is 11.3 Å². The van der Waals surface area contributed by atoms with Gasteiger partial charge in [0.05, 0.1) is 21.6 Å². The number of carbonyl (C=O) groups is 1. The first-order valence-electron chi connectivity index (χ1n) is 9.06. The van der Waals surface area contributed by atoms with Crippen LogP contribution in [0.5, 0.6) is 0 Å². The van der Waals surface area contributed by atoms with E-state index in [4.69, 9.17) is 0 Å². The molecular weight excluding hydrogens is 382 g/mol. The largest absolute Gasteiger partial charge is 0.321 e. The van der Waals surface area contributed by atoms with Crippen molar-refractivity contribution in [2.24, 2.45) is 0 Å². The Morgan fingerprint density at radius 3 is 2.48 bits per heavy atom. The SMILES string of the molecule is O=C(Nc1ccccc1-c1nc2cc3ccccc3cc2[nH]c1=O)c1cccs1. The zero-order valence-corrected chi connectivity index (χ0v) is 16.0. The monoisotopic (exact) mass is 397 g/mol. The first-order chi connectivity index (χ1) is 14.2. The molecule has 0 radical (unpaired) electrons. The molecule has 0 bridgehead atoms. The Hall–Kier alpha value is -3.77. The zero-order chi connectivity index (χ0) is 19.8. The van der Waals surface area contributed by atoms with Crippen molar-refractivity contribution in [1.29, 1.82) is 0 Å². The summed E-state index contributed by atoms with van der Waals surface area (Å²) in [6.07, 6.45) is 0. The smallest absolute Gasteiger partial charge is 0.275 e. The lowest BCUT2D eigenvalue weighted by Gasteiger charge is -2.10. The maximum absolute atomic E-state index is 12.8. The molecule has 5 rings (SSSR count). The fourth-order valence-electron chi connectivity index (χ4n) is 3.35. The summed E-state index contributed by atoms with van der Waals surface area (Å²) in [5.41, 5.74) is 2.47. The average molecular weight is 397 g/mol. The van der Waals surface area contributed by atoms with Gasteiger partial charge in [0, 0.05) is 5.56 Å². The molecule has 3 aromatic carbocycles. The third kappa shape index (κ3) is 3.19. The van der Waals surface area contributed by atoms with E-state index in [9.17, 15) is 9.59 Å². The van der Waals surface area contributed by atoms with Gasteiger partial charge in [-0.15, -0.1) is 11.3 Å². The third-order valence-electron chi connectivity index (χ3n) is 4.73. The van der Waals surface area contributed by atoms with Crippen molar-refractivity contribution in [2.75, 3.05) is 5.32 Å². The zero-order valence-electron chi connectivity index (χ0n) is 15.2. The van der Waals surface area contributed by atoms with Crippen molar-refractivity contribution >= 4 is 44.7 Å². The van der Waals surface area contributed by atoms with Crippen LogP contribution in [0.4, 0.5) is 5.69 Å². The molecule has 5 nitrogen and oxygen atoms in total. The Morgan fingerprint density at radius 2 is 1.69 bits per heavy atom. The number of hydrogen-bond donors (Lipinski definition) is 2. The van der Waals surface area contributed by atoms with Crippen LogP contribution in [-0.2, 0) is 0 Å². The predicted molar refractivity (Wildman–Crippen MR) is 118 cm³/mol. The van der Waals surface area contributed by atoms with E-state index >= 15 is 0 Å². The van der Waals surface area contributed by atoms with E-state index in [0.717, 1.165) is 10.8 Å². The molecule has 0 saturated carbocycles. The Bertz CT molecular complexity index is 1420. The minimum Gasteiger partial charge on any atom is -0.321 e. The lowest BCUT2D eigenvalue weighted by molar-refractivity contribution is 0.103. The Morgan fingerprint density at radius 1 is 0.931 bits per heavy atom. The van der Waals surface area contributed by atoms with Crippen LogP contribution in [0.3, 0.4) is 0 Å². The van der Waals surface area contributed by atoms with E-state index in [-0.39, 0.29) is 17.2 Å². The molecule has 5 aromatic rings. The molecule has 0 fully saturated rings. The second-order valence-corrected chi connectivity index (χ2v) is 7.56. The minimum atomic E-state index is -0.300. The summed E-state index contributed by atoms with van der Waals surface area (Å²) in [5.74, 6) is -0.212. The molecular formula is C23H15N3O2S. The second-order valence-electron chi connectivity index (χ2n) is 6.61. The van der Waals surface area contributed by atoms with E-state index in [2.05, 4.69) is 15.3 Å². The number of nitrogens with zero attached hydrogens (tertiary/aromatic N) is 1. The number of amides is 1. The Kier molecular flexibility index (Phi) is 4.18. The van der Waals surface area contributed by atoms with Crippen LogP contribution in [0, 0.1) is 0 Å². The van der Waals surface area contributed by atoms with E-state index < -0.39 is 0 Å². The van der Waals surface area contributed by atoms with Gasteiger partial charge in [0.1, 0.15) is 5.69 Å². The standard InChI is InChI=1S/C23H15N3O2S/c27-22(20-10-5-11-29-20)25-17-9-4-3-8-16(17)21-23(28)26-19-13-15-7-2-1-6-14(15)12-18(19)24-21/h1-13H,(H,25,27)(H,26,28). The van der Waals surface area contributed by atoms with Crippen LogP contribution in [0.25, 0.3) is 33.1 Å². The number of para-hydroxylation sites is 1. The Balaban J connectivity index is 1.64. The fraction of sp³-hybridized carbons (Fsp3) is 0. The van der Waals surface area contributed by atoms with Crippen LogP contribution in [0.15, 0.2) is 83.0 Å². The molecule has 140 valence electrons. The topological polar surface area (TPSA) is 74.8 Å². The summed E-state index contributed by atoms with van der Waals surface area (Å²) in [5, 5.41) is 6.83. The van der Waals surface area contributed by atoms with E-state index in [1.54, 1.807) is 18.2 Å². The third-order valence-corrected chi connectivity index (χ3v) is 5.60. The highest BCUT2D eigenvalue weighted by Crippen LogP contribution is 2.27. The maximum Gasteiger partial charge on any atom is 0.275 e. The number of carbonyl (C=O) groups excluding carboxylic acids is 1. The van der Waals surface area contributed by atoms with Gasteiger partial charge in [0.25, 0.3) is 11.5 Å². The summed E-state index contributed by atoms with van der Waals surface area (Å²) in [7, 11) is 0. The van der Waals surface area contributed by atoms with Crippen LogP contribution in [0.1, 0.15) is 9.67 Å². The molecule has 2 N–H and O–H groups in total. The van der Waals surface area contributed by atoms with Crippen LogP contribution in [0.2, 0.25) is 0 Å². The molecule has 2 heterocycles. The van der Waals surface area contributed by atoms with Crippen LogP contribution in [-0.4, -0.2) is 15.9 Å². The number of aromatic nitrogens is 2. The van der Waals surface area contributed by atoms with Crippen molar-refractivity contribution < 1.29 is 4.79 Å². The van der Waals surface area contributed by atoms with Gasteiger partial charge in [-0.1, -0.05) is 48.5 Å². The van der Waals surface area contributed by atoms with Gasteiger partial charge in [-0.2, -0.15) is 0 Å². The van der Waals surface area contributed by atoms with Gasteiger partial charge in [-0.05, 0) is 40.4 Å². The number of aromatic amines is 1. The second kappa shape index (κ2) is 7.00.